The average Bonchev–Trinajstić information content (AvgIpc) is 2.39. The molecule has 1 fully saturated rings. The molecule has 0 amide bonds. The summed E-state index contributed by atoms with van der Waals surface area (Å²) < 4.78 is 36.8. The molecule has 3 N–H and O–H groups in total. The molecule has 1 rings (SSSR count). The second-order valence-corrected chi connectivity index (χ2v) is 5.67. The van der Waals surface area contributed by atoms with Gasteiger partial charge in [-0.1, -0.05) is 13.3 Å². The van der Waals surface area contributed by atoms with Crippen LogP contribution in [0.1, 0.15) is 39.0 Å². The Hall–Kier alpha value is -0.250. The summed E-state index contributed by atoms with van der Waals surface area (Å²) in [5, 5.41) is 3.07. The molecule has 1 saturated heterocycles. The molecule has 0 saturated carbocycles. The van der Waals surface area contributed by atoms with Crippen LogP contribution in [0.2, 0.25) is 0 Å². The normalized spacial score (nSPS) is 18.1. The molecule has 0 unspecified atom stereocenters. The molecule has 4 nitrogen and oxygen atoms in total. The summed E-state index contributed by atoms with van der Waals surface area (Å²) in [4.78, 5) is 5.69. The van der Waals surface area contributed by atoms with Gasteiger partial charge in [0, 0.05) is 13.1 Å². The van der Waals surface area contributed by atoms with Crippen LogP contribution in [0.25, 0.3) is 0 Å². The van der Waals surface area contributed by atoms with E-state index >= 15 is 0 Å². The van der Waals surface area contributed by atoms with Crippen LogP contribution in [0.15, 0.2) is 4.99 Å². The van der Waals surface area contributed by atoms with Gasteiger partial charge in [0.2, 0.25) is 0 Å². The Labute approximate surface area is 148 Å². The number of hydrogen-bond acceptors (Lipinski definition) is 2. The number of unbranched alkanes of at least 4 members (excludes halogenated alkanes) is 1. The molecule has 0 aliphatic carbocycles. The molecule has 0 atom stereocenters. The second-order valence-electron chi connectivity index (χ2n) is 5.67. The third-order valence-electron chi connectivity index (χ3n) is 3.76. The number of nitrogens with zero attached hydrogens (tertiary/aromatic N) is 2. The minimum atomic E-state index is -4.09. The zero-order valence-corrected chi connectivity index (χ0v) is 15.5. The van der Waals surface area contributed by atoms with E-state index in [1.54, 1.807) is 0 Å². The van der Waals surface area contributed by atoms with Gasteiger partial charge in [-0.25, -0.2) is 0 Å². The summed E-state index contributed by atoms with van der Waals surface area (Å²) in [5.41, 5.74) is 5.73. The molecular weight excluding hydrogens is 408 g/mol. The van der Waals surface area contributed by atoms with E-state index in [1.165, 1.54) is 4.90 Å². The first-order valence-electron chi connectivity index (χ1n) is 7.73. The van der Waals surface area contributed by atoms with Gasteiger partial charge in [-0.2, -0.15) is 13.2 Å². The highest BCUT2D eigenvalue weighted by Gasteiger charge is 2.32. The van der Waals surface area contributed by atoms with Crippen LogP contribution in [-0.2, 0) is 0 Å². The lowest BCUT2D eigenvalue weighted by Gasteiger charge is -2.32. The standard InChI is InChI=1S/C14H27F3N4.HI/c1-2-3-7-19-13(18)20-8-4-12-5-9-21(10-6-12)11-14(15,16)17;/h12H,2-11H2,1H3,(H3,18,19,20);1H. The SMILES string of the molecule is CCCCN=C(N)NCCC1CCN(CC(F)(F)F)CC1.I. The zero-order valence-electron chi connectivity index (χ0n) is 13.2. The molecule has 1 heterocycles. The highest BCUT2D eigenvalue weighted by Crippen LogP contribution is 2.23. The van der Waals surface area contributed by atoms with E-state index in [4.69, 9.17) is 5.73 Å². The zero-order chi connectivity index (χ0) is 15.7. The quantitative estimate of drug-likeness (QED) is 0.279. The molecule has 0 aromatic heterocycles. The van der Waals surface area contributed by atoms with Crippen molar-refractivity contribution >= 4 is 29.9 Å². The van der Waals surface area contributed by atoms with Gasteiger partial charge in [0.25, 0.3) is 0 Å². The van der Waals surface area contributed by atoms with Crippen molar-refractivity contribution in [3.8, 4) is 0 Å². The number of piperidine rings is 1. The van der Waals surface area contributed by atoms with Crippen molar-refractivity contribution in [1.82, 2.24) is 10.2 Å². The molecule has 1 aliphatic heterocycles. The highest BCUT2D eigenvalue weighted by molar-refractivity contribution is 14.0. The van der Waals surface area contributed by atoms with Crippen molar-refractivity contribution in [2.24, 2.45) is 16.6 Å². The number of rotatable bonds is 7. The van der Waals surface area contributed by atoms with Crippen LogP contribution >= 0.6 is 24.0 Å². The third kappa shape index (κ3) is 10.5. The monoisotopic (exact) mass is 436 g/mol. The first-order valence-corrected chi connectivity index (χ1v) is 7.73. The number of likely N-dealkylation sites (tertiary alicyclic amines) is 1. The molecular formula is C14H28F3IN4. The van der Waals surface area contributed by atoms with Crippen LogP contribution in [-0.4, -0.2) is 49.8 Å². The average molecular weight is 436 g/mol. The lowest BCUT2D eigenvalue weighted by molar-refractivity contribution is -0.148. The van der Waals surface area contributed by atoms with E-state index in [9.17, 15) is 13.2 Å². The molecule has 0 spiro atoms. The van der Waals surface area contributed by atoms with E-state index in [0.29, 0.717) is 25.0 Å². The Balaban J connectivity index is 0.00000441. The Kier molecular flexibility index (Phi) is 11.2. The topological polar surface area (TPSA) is 53.6 Å². The first-order chi connectivity index (χ1) is 9.90. The van der Waals surface area contributed by atoms with Gasteiger partial charge in [0.1, 0.15) is 0 Å². The van der Waals surface area contributed by atoms with Gasteiger partial charge >= 0.3 is 6.18 Å². The molecule has 0 radical (unpaired) electrons. The molecule has 22 heavy (non-hydrogen) atoms. The Bertz CT molecular complexity index is 316. The highest BCUT2D eigenvalue weighted by atomic mass is 127. The minimum Gasteiger partial charge on any atom is -0.370 e. The van der Waals surface area contributed by atoms with Crippen LogP contribution in [0, 0.1) is 5.92 Å². The largest absolute Gasteiger partial charge is 0.401 e. The summed E-state index contributed by atoms with van der Waals surface area (Å²) in [6.45, 7) is 3.87. The maximum absolute atomic E-state index is 12.3. The molecule has 0 aromatic carbocycles. The van der Waals surface area contributed by atoms with Crippen LogP contribution in [0.3, 0.4) is 0 Å². The Morgan fingerprint density at radius 3 is 2.50 bits per heavy atom. The van der Waals surface area contributed by atoms with Crippen molar-refractivity contribution in [2.45, 2.75) is 45.2 Å². The van der Waals surface area contributed by atoms with Gasteiger partial charge in [-0.15, -0.1) is 24.0 Å². The van der Waals surface area contributed by atoms with Crippen LogP contribution in [0.5, 0.6) is 0 Å². The van der Waals surface area contributed by atoms with Gasteiger partial charge in [-0.05, 0) is 44.7 Å². The van der Waals surface area contributed by atoms with E-state index in [2.05, 4.69) is 17.2 Å². The molecule has 0 aromatic rings. The molecule has 132 valence electrons. The van der Waals surface area contributed by atoms with E-state index in [-0.39, 0.29) is 24.0 Å². The van der Waals surface area contributed by atoms with Crippen molar-refractivity contribution in [1.29, 1.82) is 0 Å². The van der Waals surface area contributed by atoms with E-state index in [0.717, 1.165) is 45.2 Å². The number of guanidine groups is 1. The number of alkyl halides is 3. The number of nitrogens with two attached hydrogens (primary N) is 1. The van der Waals surface area contributed by atoms with Crippen LogP contribution in [0.4, 0.5) is 13.2 Å². The van der Waals surface area contributed by atoms with E-state index in [1.807, 2.05) is 0 Å². The summed E-state index contributed by atoms with van der Waals surface area (Å²) in [6, 6.07) is 0. The predicted octanol–water partition coefficient (Wildman–Crippen LogP) is 2.97. The Morgan fingerprint density at radius 1 is 1.32 bits per heavy atom. The number of nitrogens with one attached hydrogen (secondary N) is 1. The Morgan fingerprint density at radius 2 is 1.95 bits per heavy atom. The van der Waals surface area contributed by atoms with Gasteiger partial charge in [0.05, 0.1) is 6.54 Å². The predicted molar refractivity (Wildman–Crippen MR) is 94.7 cm³/mol. The van der Waals surface area contributed by atoms with Gasteiger partial charge in [-0.3, -0.25) is 9.89 Å². The number of halogens is 4. The summed E-state index contributed by atoms with van der Waals surface area (Å²) >= 11 is 0. The fraction of sp³-hybridized carbons (Fsp3) is 0.929. The van der Waals surface area contributed by atoms with Crippen molar-refractivity contribution in [3.63, 3.8) is 0 Å². The van der Waals surface area contributed by atoms with Crippen molar-refractivity contribution in [2.75, 3.05) is 32.7 Å². The maximum atomic E-state index is 12.3. The lowest BCUT2D eigenvalue weighted by Crippen LogP contribution is -2.41. The smallest absolute Gasteiger partial charge is 0.370 e. The molecule has 0 bridgehead atoms. The summed E-state index contributed by atoms with van der Waals surface area (Å²) in [6.07, 6.45) is 0.615. The third-order valence-corrected chi connectivity index (χ3v) is 3.76. The number of hydrogen-bond donors (Lipinski definition) is 2. The minimum absolute atomic E-state index is 0. The van der Waals surface area contributed by atoms with Crippen LogP contribution < -0.4 is 11.1 Å². The fourth-order valence-corrected chi connectivity index (χ4v) is 2.50. The first kappa shape index (κ1) is 21.8. The van der Waals surface area contributed by atoms with E-state index < -0.39 is 12.7 Å². The molecule has 8 heteroatoms. The number of aliphatic imine (C=N–C) groups is 1. The molecule has 1 aliphatic rings. The summed E-state index contributed by atoms with van der Waals surface area (Å²) in [5.74, 6) is 0.948. The van der Waals surface area contributed by atoms with Gasteiger partial charge in [0.15, 0.2) is 5.96 Å². The second kappa shape index (κ2) is 11.3. The maximum Gasteiger partial charge on any atom is 0.401 e. The van der Waals surface area contributed by atoms with Gasteiger partial charge < -0.3 is 11.1 Å². The fourth-order valence-electron chi connectivity index (χ4n) is 2.50. The summed E-state index contributed by atoms with van der Waals surface area (Å²) in [7, 11) is 0. The van der Waals surface area contributed by atoms with Crippen molar-refractivity contribution < 1.29 is 13.2 Å². The lowest BCUT2D eigenvalue weighted by atomic mass is 9.93. The van der Waals surface area contributed by atoms with Crippen molar-refractivity contribution in [3.05, 3.63) is 0 Å².